The third kappa shape index (κ3) is 3.82. The van der Waals surface area contributed by atoms with Gasteiger partial charge >= 0.3 is 0 Å². The van der Waals surface area contributed by atoms with Crippen LogP contribution in [0.5, 0.6) is 0 Å². The molecule has 1 aromatic heterocycles. The molecule has 5 heteroatoms. The highest BCUT2D eigenvalue weighted by Gasteiger charge is 2.32. The van der Waals surface area contributed by atoms with Crippen molar-refractivity contribution in [3.05, 3.63) is 71.6 Å². The van der Waals surface area contributed by atoms with Crippen LogP contribution in [-0.2, 0) is 11.2 Å². The molecule has 0 unspecified atom stereocenters. The smallest absolute Gasteiger partial charge is 0.249 e. The molecule has 132 valence electrons. The first-order chi connectivity index (χ1) is 12.7. The summed E-state index contributed by atoms with van der Waals surface area (Å²) in [4.78, 5) is 16.9. The molecule has 0 bridgehead atoms. The molecule has 1 aliphatic rings. The summed E-state index contributed by atoms with van der Waals surface area (Å²) in [5.74, 6) is 1.19. The van der Waals surface area contributed by atoms with Crippen LogP contribution in [0.15, 0.2) is 59.1 Å². The molecule has 1 aliphatic carbocycles. The molecular weight excluding hydrogens is 326 g/mol. The Morgan fingerprint density at radius 1 is 1.19 bits per heavy atom. The van der Waals surface area contributed by atoms with Crippen LogP contribution in [0.25, 0.3) is 11.4 Å². The third-order valence-electron chi connectivity index (χ3n) is 4.56. The number of carbonyl (C=O) groups is 1. The SMILES string of the molecule is Cc1cccc(-c2noc([C@@H](Cc3ccccc3)NC(=O)C3CC3)n2)c1. The number of carbonyl (C=O) groups excluding carboxylic acids is 1. The highest BCUT2D eigenvalue weighted by molar-refractivity contribution is 5.81. The molecule has 1 N–H and O–H groups in total. The quantitative estimate of drug-likeness (QED) is 0.735. The monoisotopic (exact) mass is 347 g/mol. The van der Waals surface area contributed by atoms with Crippen molar-refractivity contribution in [3.63, 3.8) is 0 Å². The Hall–Kier alpha value is -2.95. The van der Waals surface area contributed by atoms with Gasteiger partial charge in [0.05, 0.1) is 0 Å². The second-order valence-electron chi connectivity index (χ2n) is 6.85. The summed E-state index contributed by atoms with van der Waals surface area (Å²) in [6.07, 6.45) is 2.54. The molecule has 1 heterocycles. The number of benzene rings is 2. The molecule has 0 aliphatic heterocycles. The molecule has 4 rings (SSSR count). The van der Waals surface area contributed by atoms with Crippen molar-refractivity contribution < 1.29 is 9.32 Å². The Labute approximate surface area is 152 Å². The van der Waals surface area contributed by atoms with Crippen LogP contribution in [-0.4, -0.2) is 16.0 Å². The van der Waals surface area contributed by atoms with Crippen molar-refractivity contribution in [1.82, 2.24) is 15.5 Å². The van der Waals surface area contributed by atoms with Gasteiger partial charge in [-0.25, -0.2) is 0 Å². The van der Waals surface area contributed by atoms with E-state index in [0.29, 0.717) is 18.1 Å². The molecule has 0 radical (unpaired) electrons. The number of aromatic nitrogens is 2. The molecule has 3 aromatic rings. The largest absolute Gasteiger partial charge is 0.344 e. The van der Waals surface area contributed by atoms with E-state index in [1.54, 1.807) is 0 Å². The lowest BCUT2D eigenvalue weighted by Gasteiger charge is -2.15. The Kier molecular flexibility index (Phi) is 4.52. The minimum Gasteiger partial charge on any atom is -0.344 e. The maximum Gasteiger partial charge on any atom is 0.249 e. The molecule has 26 heavy (non-hydrogen) atoms. The van der Waals surface area contributed by atoms with Gasteiger partial charge in [0.1, 0.15) is 6.04 Å². The molecule has 1 amide bonds. The Morgan fingerprint density at radius 2 is 2.00 bits per heavy atom. The molecule has 1 atom stereocenters. The Morgan fingerprint density at radius 3 is 2.73 bits per heavy atom. The summed E-state index contributed by atoms with van der Waals surface area (Å²) < 4.78 is 5.52. The molecule has 1 saturated carbocycles. The van der Waals surface area contributed by atoms with Gasteiger partial charge in [-0.2, -0.15) is 4.98 Å². The van der Waals surface area contributed by atoms with Gasteiger partial charge in [-0.15, -0.1) is 0 Å². The summed E-state index contributed by atoms with van der Waals surface area (Å²) in [5, 5.41) is 7.21. The van der Waals surface area contributed by atoms with Gasteiger partial charge in [0.2, 0.25) is 17.6 Å². The summed E-state index contributed by atoms with van der Waals surface area (Å²) in [6, 6.07) is 17.7. The van der Waals surface area contributed by atoms with Crippen LogP contribution in [0, 0.1) is 12.8 Å². The van der Waals surface area contributed by atoms with E-state index in [9.17, 15) is 4.79 Å². The maximum atomic E-state index is 12.3. The Bertz CT molecular complexity index is 900. The van der Waals surface area contributed by atoms with Crippen molar-refractivity contribution in [2.24, 2.45) is 5.92 Å². The van der Waals surface area contributed by atoms with Crippen LogP contribution in [0.3, 0.4) is 0 Å². The lowest BCUT2D eigenvalue weighted by Crippen LogP contribution is -2.31. The first-order valence-corrected chi connectivity index (χ1v) is 8.94. The van der Waals surface area contributed by atoms with Gasteiger partial charge in [-0.05, 0) is 31.4 Å². The highest BCUT2D eigenvalue weighted by atomic mass is 16.5. The lowest BCUT2D eigenvalue weighted by molar-refractivity contribution is -0.123. The van der Waals surface area contributed by atoms with Crippen molar-refractivity contribution in [2.75, 3.05) is 0 Å². The van der Waals surface area contributed by atoms with Gasteiger partial charge in [-0.1, -0.05) is 59.3 Å². The summed E-state index contributed by atoms with van der Waals surface area (Å²) >= 11 is 0. The standard InChI is InChI=1S/C21H21N3O2/c1-14-6-5-9-17(12-14)19-23-21(26-24-19)18(22-20(25)16-10-11-16)13-15-7-3-2-4-8-15/h2-9,12,16,18H,10-11,13H2,1H3,(H,22,25)/t18-/m1/s1. The number of nitrogens with zero attached hydrogens (tertiary/aromatic N) is 2. The molecule has 5 nitrogen and oxygen atoms in total. The Balaban J connectivity index is 1.59. The highest BCUT2D eigenvalue weighted by Crippen LogP contribution is 2.30. The van der Waals surface area contributed by atoms with Crippen molar-refractivity contribution in [1.29, 1.82) is 0 Å². The van der Waals surface area contributed by atoms with Crippen molar-refractivity contribution >= 4 is 5.91 Å². The van der Waals surface area contributed by atoms with Crippen LogP contribution in [0.2, 0.25) is 0 Å². The van der Waals surface area contributed by atoms with Crippen LogP contribution in [0.4, 0.5) is 0 Å². The number of rotatable bonds is 6. The van der Waals surface area contributed by atoms with Crippen LogP contribution < -0.4 is 5.32 Å². The van der Waals surface area contributed by atoms with E-state index in [0.717, 1.165) is 29.5 Å². The minimum atomic E-state index is -0.323. The van der Waals surface area contributed by atoms with Crippen molar-refractivity contribution in [3.8, 4) is 11.4 Å². The second kappa shape index (κ2) is 7.12. The molecule has 1 fully saturated rings. The van der Waals surface area contributed by atoms with Gasteiger partial charge in [0, 0.05) is 17.9 Å². The average molecular weight is 347 g/mol. The van der Waals surface area contributed by atoms with Gasteiger partial charge in [0.25, 0.3) is 0 Å². The van der Waals surface area contributed by atoms with E-state index < -0.39 is 0 Å². The summed E-state index contributed by atoms with van der Waals surface area (Å²) in [6.45, 7) is 2.03. The first-order valence-electron chi connectivity index (χ1n) is 8.94. The fourth-order valence-corrected chi connectivity index (χ4v) is 2.96. The first kappa shape index (κ1) is 16.5. The summed E-state index contributed by atoms with van der Waals surface area (Å²) in [5.41, 5.74) is 3.16. The zero-order valence-electron chi connectivity index (χ0n) is 14.7. The van der Waals surface area contributed by atoms with Crippen molar-refractivity contribution in [2.45, 2.75) is 32.2 Å². The number of nitrogens with one attached hydrogen (secondary N) is 1. The molecule has 0 saturated heterocycles. The zero-order valence-corrected chi connectivity index (χ0v) is 14.7. The molecular formula is C21H21N3O2. The fraction of sp³-hybridized carbons (Fsp3) is 0.286. The number of hydrogen-bond donors (Lipinski definition) is 1. The van der Waals surface area contributed by atoms with Gasteiger partial charge in [0.15, 0.2) is 0 Å². The molecule has 0 spiro atoms. The molecule has 2 aromatic carbocycles. The fourth-order valence-electron chi connectivity index (χ4n) is 2.96. The second-order valence-corrected chi connectivity index (χ2v) is 6.85. The summed E-state index contributed by atoms with van der Waals surface area (Å²) in [7, 11) is 0. The van der Waals surface area contributed by atoms with E-state index in [-0.39, 0.29) is 17.9 Å². The van der Waals surface area contributed by atoms with E-state index >= 15 is 0 Å². The van der Waals surface area contributed by atoms with E-state index in [2.05, 4.69) is 15.5 Å². The average Bonchev–Trinajstić information content (AvgIpc) is 3.39. The van der Waals surface area contributed by atoms with Gasteiger partial charge < -0.3 is 9.84 Å². The van der Waals surface area contributed by atoms with Crippen LogP contribution in [0.1, 0.15) is 35.9 Å². The van der Waals surface area contributed by atoms with E-state index in [1.807, 2.05) is 61.5 Å². The van der Waals surface area contributed by atoms with E-state index in [1.165, 1.54) is 0 Å². The lowest BCUT2D eigenvalue weighted by atomic mass is 10.1. The third-order valence-corrected chi connectivity index (χ3v) is 4.56. The normalized spacial score (nSPS) is 14.8. The minimum absolute atomic E-state index is 0.0706. The van der Waals surface area contributed by atoms with E-state index in [4.69, 9.17) is 4.52 Å². The topological polar surface area (TPSA) is 68.0 Å². The predicted molar refractivity (Wildman–Crippen MR) is 98.2 cm³/mol. The zero-order chi connectivity index (χ0) is 17.9. The maximum absolute atomic E-state index is 12.3. The van der Waals surface area contributed by atoms with Gasteiger partial charge in [-0.3, -0.25) is 4.79 Å². The number of aryl methyl sites for hydroxylation is 1. The number of amides is 1. The number of hydrogen-bond acceptors (Lipinski definition) is 4. The predicted octanol–water partition coefficient (Wildman–Crippen LogP) is 3.86. The van der Waals surface area contributed by atoms with Crippen LogP contribution >= 0.6 is 0 Å².